The van der Waals surface area contributed by atoms with Crippen LogP contribution in [0.2, 0.25) is 0 Å². The first-order chi connectivity index (χ1) is 13.1. The van der Waals surface area contributed by atoms with Crippen molar-refractivity contribution >= 4 is 29.4 Å². The zero-order chi connectivity index (χ0) is 20.7. The summed E-state index contributed by atoms with van der Waals surface area (Å²) in [6.07, 6.45) is -1.19. The number of ether oxygens (including phenoxy) is 1. The van der Waals surface area contributed by atoms with Crippen molar-refractivity contribution in [3.8, 4) is 5.75 Å². The zero-order valence-electron chi connectivity index (χ0n) is 16.6. The number of hydrogen-bond donors (Lipinski definition) is 3. The van der Waals surface area contributed by atoms with Crippen LogP contribution in [-0.2, 0) is 15.9 Å². The molecule has 3 rings (SSSR count). The molecule has 3 N–H and O–H groups in total. The first-order valence-electron chi connectivity index (χ1n) is 9.06. The monoisotopic (exact) mass is 389 g/mol. The summed E-state index contributed by atoms with van der Waals surface area (Å²) >= 11 is 0. The third kappa shape index (κ3) is 3.57. The fourth-order valence-electron chi connectivity index (χ4n) is 3.01. The number of benzene rings is 1. The van der Waals surface area contributed by atoms with E-state index in [1.165, 1.54) is 0 Å². The Labute approximate surface area is 162 Å². The average molecular weight is 389 g/mol. The Kier molecular flexibility index (Phi) is 5.11. The molecule has 0 aliphatic carbocycles. The molecule has 0 radical (unpaired) electrons. The van der Waals surface area contributed by atoms with Gasteiger partial charge in [-0.25, -0.2) is 9.89 Å². The van der Waals surface area contributed by atoms with E-state index in [0.717, 1.165) is 0 Å². The first-order valence-corrected chi connectivity index (χ1v) is 9.06. The second-order valence-corrected chi connectivity index (χ2v) is 7.62. The van der Waals surface area contributed by atoms with Crippen LogP contribution in [0.3, 0.4) is 0 Å². The van der Waals surface area contributed by atoms with Gasteiger partial charge in [0, 0.05) is 5.39 Å². The standard InChI is InChI=1S/C18H24BN3O6/c1-6-26-13-8-10(19-27-17(2,3)18(4,5)28-19)7-11-12(9-20-16(24)25)21-22-15(23)14(11)13/h7-8,20H,6,9H2,1-5H3,(H,22,23)(H,24,25). The van der Waals surface area contributed by atoms with Crippen LogP contribution >= 0.6 is 0 Å². The molecule has 0 atom stereocenters. The van der Waals surface area contributed by atoms with E-state index in [2.05, 4.69) is 15.5 Å². The van der Waals surface area contributed by atoms with Crippen molar-refractivity contribution in [1.29, 1.82) is 0 Å². The first kappa shape index (κ1) is 20.2. The summed E-state index contributed by atoms with van der Waals surface area (Å²) in [5, 5.41) is 18.4. The molecule has 1 aliphatic rings. The van der Waals surface area contributed by atoms with Crippen LogP contribution in [0, 0.1) is 0 Å². The third-order valence-corrected chi connectivity index (χ3v) is 5.19. The molecule has 1 aliphatic heterocycles. The van der Waals surface area contributed by atoms with Gasteiger partial charge in [-0.05, 0) is 46.1 Å². The predicted molar refractivity (Wildman–Crippen MR) is 104 cm³/mol. The number of amides is 1. The number of carboxylic acid groups (broad SMARTS) is 1. The quantitative estimate of drug-likeness (QED) is 0.661. The van der Waals surface area contributed by atoms with Crippen molar-refractivity contribution in [3.63, 3.8) is 0 Å². The summed E-state index contributed by atoms with van der Waals surface area (Å²) in [7, 11) is -0.659. The number of rotatable bonds is 5. The SMILES string of the molecule is CCOc1cc(B2OC(C)(C)C(C)(C)O2)cc2c(CNC(=O)O)n[nH]c(=O)c12. The predicted octanol–water partition coefficient (Wildman–Crippen LogP) is 1.39. The van der Waals surface area contributed by atoms with Gasteiger partial charge in [0.1, 0.15) is 5.75 Å². The van der Waals surface area contributed by atoms with Gasteiger partial charge in [-0.1, -0.05) is 6.07 Å². The molecule has 1 aromatic carbocycles. The molecule has 2 heterocycles. The maximum Gasteiger partial charge on any atom is 0.494 e. The molecular weight excluding hydrogens is 365 g/mol. The van der Waals surface area contributed by atoms with E-state index in [1.807, 2.05) is 34.6 Å². The van der Waals surface area contributed by atoms with E-state index in [4.69, 9.17) is 19.2 Å². The minimum absolute atomic E-state index is 0.0685. The lowest BCUT2D eigenvalue weighted by Crippen LogP contribution is -2.41. The van der Waals surface area contributed by atoms with Crippen LogP contribution in [0.1, 0.15) is 40.3 Å². The summed E-state index contributed by atoms with van der Waals surface area (Å²) < 4.78 is 17.9. The lowest BCUT2D eigenvalue weighted by atomic mass is 9.78. The lowest BCUT2D eigenvalue weighted by molar-refractivity contribution is 0.00578. The Balaban J connectivity index is 2.16. The fraction of sp³-hybridized carbons (Fsp3) is 0.500. The van der Waals surface area contributed by atoms with Crippen LogP contribution in [0.15, 0.2) is 16.9 Å². The molecule has 1 fully saturated rings. The topological polar surface area (TPSA) is 123 Å². The highest BCUT2D eigenvalue weighted by Gasteiger charge is 2.51. The van der Waals surface area contributed by atoms with Crippen molar-refractivity contribution in [3.05, 3.63) is 28.2 Å². The fourth-order valence-corrected chi connectivity index (χ4v) is 3.01. The van der Waals surface area contributed by atoms with Gasteiger partial charge in [0.25, 0.3) is 5.56 Å². The molecule has 10 heteroatoms. The van der Waals surface area contributed by atoms with Crippen LogP contribution in [0.5, 0.6) is 5.75 Å². The highest BCUT2D eigenvalue weighted by atomic mass is 16.7. The minimum Gasteiger partial charge on any atom is -0.493 e. The molecule has 1 aromatic heterocycles. The van der Waals surface area contributed by atoms with Crippen molar-refractivity contribution < 1.29 is 23.9 Å². The zero-order valence-corrected chi connectivity index (χ0v) is 16.6. The van der Waals surface area contributed by atoms with E-state index in [-0.39, 0.29) is 6.54 Å². The van der Waals surface area contributed by atoms with Gasteiger partial charge in [0.15, 0.2) is 0 Å². The number of aromatic amines is 1. The number of fused-ring (bicyclic) bond motifs is 1. The van der Waals surface area contributed by atoms with Crippen LogP contribution in [-0.4, -0.2) is 46.3 Å². The maximum absolute atomic E-state index is 12.4. The Morgan fingerprint density at radius 3 is 2.50 bits per heavy atom. The number of nitrogens with zero attached hydrogens (tertiary/aromatic N) is 1. The largest absolute Gasteiger partial charge is 0.494 e. The third-order valence-electron chi connectivity index (χ3n) is 5.19. The van der Waals surface area contributed by atoms with Gasteiger partial charge in [-0.15, -0.1) is 0 Å². The van der Waals surface area contributed by atoms with Crippen molar-refractivity contribution in [2.45, 2.75) is 52.4 Å². The normalized spacial score (nSPS) is 17.7. The van der Waals surface area contributed by atoms with Gasteiger partial charge in [0.05, 0.1) is 35.4 Å². The van der Waals surface area contributed by atoms with Crippen LogP contribution in [0.4, 0.5) is 4.79 Å². The van der Waals surface area contributed by atoms with Gasteiger partial charge >= 0.3 is 13.2 Å². The van der Waals surface area contributed by atoms with Gasteiger partial charge in [-0.3, -0.25) is 4.79 Å². The Hall–Kier alpha value is -2.59. The molecule has 9 nitrogen and oxygen atoms in total. The molecule has 1 saturated heterocycles. The number of carbonyl (C=O) groups is 1. The molecule has 0 unspecified atom stereocenters. The Morgan fingerprint density at radius 2 is 1.93 bits per heavy atom. The summed E-state index contributed by atoms with van der Waals surface area (Å²) in [5.41, 5.74) is -0.440. The highest BCUT2D eigenvalue weighted by molar-refractivity contribution is 6.62. The molecule has 2 aromatic rings. The van der Waals surface area contributed by atoms with Crippen LogP contribution in [0.25, 0.3) is 10.8 Å². The van der Waals surface area contributed by atoms with Crippen molar-refractivity contribution in [2.24, 2.45) is 0 Å². The Morgan fingerprint density at radius 1 is 1.29 bits per heavy atom. The van der Waals surface area contributed by atoms with E-state index in [9.17, 15) is 9.59 Å². The van der Waals surface area contributed by atoms with E-state index >= 15 is 0 Å². The van der Waals surface area contributed by atoms with Crippen LogP contribution < -0.4 is 21.1 Å². The maximum atomic E-state index is 12.4. The summed E-state index contributed by atoms with van der Waals surface area (Å²) in [4.78, 5) is 23.3. The second-order valence-electron chi connectivity index (χ2n) is 7.62. The molecule has 28 heavy (non-hydrogen) atoms. The minimum atomic E-state index is -1.19. The lowest BCUT2D eigenvalue weighted by Gasteiger charge is -2.32. The molecular formula is C18H24BN3O6. The smallest absolute Gasteiger partial charge is 0.493 e. The summed E-state index contributed by atoms with van der Waals surface area (Å²) in [5.74, 6) is 0.366. The van der Waals surface area contributed by atoms with Crippen molar-refractivity contribution in [2.75, 3.05) is 6.61 Å². The highest BCUT2D eigenvalue weighted by Crippen LogP contribution is 2.37. The van der Waals surface area contributed by atoms with E-state index in [1.54, 1.807) is 12.1 Å². The summed E-state index contributed by atoms with van der Waals surface area (Å²) in [6.45, 7) is 9.90. The number of H-pyrrole nitrogens is 1. The molecule has 0 spiro atoms. The van der Waals surface area contributed by atoms with Gasteiger partial charge in [0.2, 0.25) is 0 Å². The molecule has 150 valence electrons. The Bertz CT molecular complexity index is 956. The number of hydrogen-bond acceptors (Lipinski definition) is 6. The number of nitrogens with one attached hydrogen (secondary N) is 2. The molecule has 0 saturated carbocycles. The average Bonchev–Trinajstić information content (AvgIpc) is 2.82. The molecule has 0 bridgehead atoms. The summed E-state index contributed by atoms with van der Waals surface area (Å²) in [6, 6.07) is 3.46. The second kappa shape index (κ2) is 7.10. The van der Waals surface area contributed by atoms with Crippen molar-refractivity contribution in [1.82, 2.24) is 15.5 Å². The van der Waals surface area contributed by atoms with Gasteiger partial charge in [-0.2, -0.15) is 5.10 Å². The van der Waals surface area contributed by atoms with Gasteiger partial charge < -0.3 is 24.5 Å². The molecule has 1 amide bonds. The van der Waals surface area contributed by atoms with E-state index < -0.39 is 30.0 Å². The number of aromatic nitrogens is 2. The van der Waals surface area contributed by atoms with E-state index in [0.29, 0.717) is 34.3 Å².